The van der Waals surface area contributed by atoms with Crippen molar-refractivity contribution in [2.75, 3.05) is 19.0 Å². The molecular formula is C45H54N2O12. The van der Waals surface area contributed by atoms with E-state index in [2.05, 4.69) is 5.32 Å². The van der Waals surface area contributed by atoms with Crippen molar-refractivity contribution in [2.45, 2.75) is 98.4 Å². The van der Waals surface area contributed by atoms with E-state index >= 15 is 0 Å². The number of hydrogen-bond donors (Lipinski definition) is 6. The van der Waals surface area contributed by atoms with Gasteiger partial charge in [0.2, 0.25) is 10.9 Å². The van der Waals surface area contributed by atoms with Gasteiger partial charge in [-0.2, -0.15) is 0 Å². The van der Waals surface area contributed by atoms with Gasteiger partial charge < -0.3 is 49.5 Å². The minimum absolute atomic E-state index is 0.00416. The lowest BCUT2D eigenvalue weighted by Crippen LogP contribution is -2.44. The van der Waals surface area contributed by atoms with Crippen molar-refractivity contribution in [3.05, 3.63) is 84.9 Å². The van der Waals surface area contributed by atoms with Crippen LogP contribution in [0, 0.1) is 30.6 Å². The Bertz CT molecular complexity index is 2590. The van der Waals surface area contributed by atoms with E-state index in [9.17, 15) is 39.9 Å². The molecule has 1 aromatic heterocycles. The molecule has 0 unspecified atom stereocenters. The molecule has 14 nitrogen and oxygen atoms in total. The number of benzene rings is 3. The van der Waals surface area contributed by atoms with E-state index in [1.807, 2.05) is 13.8 Å². The standard InChI is InChI=1S/C45H54N2O12/c1-19(2)26-17-27(48)33-29(18-26)58-42-34(46-33)30-31-39(52)25(8)41-32(30)43(54)45(9,59-41)57-16-12-15-28(56-10)22(5)37(50)24(7)38(51)23(6)36(49)20(3)13-11-14-21(4)44(55)47-35(42)40(31)53/h11-15,17-20,22-24,28,36-38,49-52,54H,16H2,1-10H3,(H,47,55)/b13-11+,15-12+,21-14-/t20-,22+,23+,24-,28-,36-,37+,38+,45-/m0/s1. The summed E-state index contributed by atoms with van der Waals surface area (Å²) < 4.78 is 24.4. The van der Waals surface area contributed by atoms with Crippen LogP contribution in [0.25, 0.3) is 38.7 Å². The predicted molar refractivity (Wildman–Crippen MR) is 224 cm³/mol. The first-order valence-electron chi connectivity index (χ1n) is 19.8. The molecule has 0 saturated heterocycles. The highest BCUT2D eigenvalue weighted by atomic mass is 16.7. The molecule has 9 atom stereocenters. The molecule has 6 rings (SSSR count). The molecule has 2 aliphatic rings. The topological polar surface area (TPSA) is 218 Å². The van der Waals surface area contributed by atoms with E-state index in [1.54, 1.807) is 58.1 Å². The summed E-state index contributed by atoms with van der Waals surface area (Å²) in [6.45, 7) is 15.1. The molecule has 1 amide bonds. The Morgan fingerprint density at radius 2 is 1.58 bits per heavy atom. The van der Waals surface area contributed by atoms with Crippen molar-refractivity contribution < 1.29 is 49.0 Å². The summed E-state index contributed by atoms with van der Waals surface area (Å²) in [5.41, 5.74) is -1.14. The van der Waals surface area contributed by atoms with Crippen molar-refractivity contribution in [3.8, 4) is 11.5 Å². The number of nitrogens with one attached hydrogen (secondary N) is 1. The summed E-state index contributed by atoms with van der Waals surface area (Å²) in [4.78, 5) is 46.6. The third-order valence-corrected chi connectivity index (χ3v) is 12.1. The minimum Gasteiger partial charge on any atom is -0.507 e. The van der Waals surface area contributed by atoms with Gasteiger partial charge in [0.25, 0.3) is 11.7 Å². The maximum atomic E-state index is 14.6. The van der Waals surface area contributed by atoms with Crippen LogP contribution in [0.5, 0.6) is 11.5 Å². The number of aromatic nitrogens is 1. The van der Waals surface area contributed by atoms with E-state index in [-0.39, 0.29) is 73.3 Å². The number of rotatable bonds is 2. The summed E-state index contributed by atoms with van der Waals surface area (Å²) >= 11 is 0. The molecular weight excluding hydrogens is 760 g/mol. The van der Waals surface area contributed by atoms with Gasteiger partial charge >= 0.3 is 0 Å². The molecule has 0 radical (unpaired) electrons. The molecule has 59 heavy (non-hydrogen) atoms. The lowest BCUT2D eigenvalue weighted by Gasteiger charge is -2.36. The van der Waals surface area contributed by atoms with Crippen molar-refractivity contribution in [2.24, 2.45) is 23.7 Å². The van der Waals surface area contributed by atoms with Gasteiger partial charge in [-0.05, 0) is 37.5 Å². The quantitative estimate of drug-likeness (QED) is 0.0877. The zero-order chi connectivity index (χ0) is 43.4. The number of aromatic hydroxyl groups is 1. The van der Waals surface area contributed by atoms with Gasteiger partial charge in [-0.1, -0.05) is 71.9 Å². The van der Waals surface area contributed by atoms with Crippen LogP contribution in [0.4, 0.5) is 5.69 Å². The van der Waals surface area contributed by atoms with Crippen molar-refractivity contribution >= 4 is 50.3 Å². The van der Waals surface area contributed by atoms with Crippen molar-refractivity contribution in [1.82, 2.24) is 4.98 Å². The fourth-order valence-electron chi connectivity index (χ4n) is 8.02. The number of fused-ring (bicyclic) bond motifs is 2. The Morgan fingerprint density at radius 3 is 2.24 bits per heavy atom. The number of aliphatic hydroxyl groups is 4. The third-order valence-electron chi connectivity index (χ3n) is 12.1. The number of nitrogens with zero attached hydrogens (tertiary/aromatic N) is 1. The molecule has 0 aliphatic carbocycles. The SMILES string of the molecule is CO[C@H]1/C=C/CO[C@@]2(C)Oc3c(C)c(O)c4c(=O)c(c5oc6cc(C(C)C)cc(=O)c6nc5c4c3=C2O)NC(=O)/C(C)=C\C=C\[C@H](C)[C@H](O)[C@@H](C)[C@@H](O)[C@@H](C)[C@H](O)[C@@H]1C. The number of carbonyl (C=O) groups is 1. The highest BCUT2D eigenvalue weighted by Crippen LogP contribution is 2.42. The monoisotopic (exact) mass is 814 g/mol. The van der Waals surface area contributed by atoms with Crippen LogP contribution in [-0.4, -0.2) is 80.3 Å². The highest BCUT2D eigenvalue weighted by Gasteiger charge is 2.43. The molecule has 4 bridgehead atoms. The number of ether oxygens (including phenoxy) is 3. The zero-order valence-corrected chi connectivity index (χ0v) is 35.0. The number of amides is 1. The van der Waals surface area contributed by atoms with Gasteiger partial charge in [-0.15, -0.1) is 0 Å². The van der Waals surface area contributed by atoms with Gasteiger partial charge in [0, 0.05) is 54.2 Å². The molecule has 3 heterocycles. The largest absolute Gasteiger partial charge is 0.507 e. The molecule has 0 spiro atoms. The van der Waals surface area contributed by atoms with E-state index in [1.165, 1.54) is 40.0 Å². The first-order valence-corrected chi connectivity index (χ1v) is 19.8. The predicted octanol–water partition coefficient (Wildman–Crippen LogP) is 5.16. The number of methoxy groups -OCH3 is 1. The lowest BCUT2D eigenvalue weighted by atomic mass is 9.78. The Balaban J connectivity index is 1.62. The average Bonchev–Trinajstić information content (AvgIpc) is 3.47. The Kier molecular flexibility index (Phi) is 12.2. The minimum atomic E-state index is -1.85. The second-order valence-electron chi connectivity index (χ2n) is 16.5. The maximum absolute atomic E-state index is 14.6. The number of phenolic OH excluding ortho intramolecular Hbond substituents is 1. The summed E-state index contributed by atoms with van der Waals surface area (Å²) in [7, 11) is 1.48. The number of phenols is 1. The van der Waals surface area contributed by atoms with E-state index < -0.39 is 82.1 Å². The molecule has 4 aromatic rings. The summed E-state index contributed by atoms with van der Waals surface area (Å²) in [5, 5.41) is 59.8. The molecule has 316 valence electrons. The molecule has 3 aromatic carbocycles. The van der Waals surface area contributed by atoms with Gasteiger partial charge in [-0.25, -0.2) is 4.98 Å². The number of aliphatic hydroxyl groups excluding tert-OH is 4. The second kappa shape index (κ2) is 16.5. The van der Waals surface area contributed by atoms with E-state index in [4.69, 9.17) is 23.6 Å². The first kappa shape index (κ1) is 43.5. The van der Waals surface area contributed by atoms with Gasteiger partial charge in [-0.3, -0.25) is 14.4 Å². The Labute approximate surface area is 341 Å². The second-order valence-corrected chi connectivity index (χ2v) is 16.5. The van der Waals surface area contributed by atoms with E-state index in [0.29, 0.717) is 5.56 Å². The third kappa shape index (κ3) is 7.64. The average molecular weight is 815 g/mol. The summed E-state index contributed by atoms with van der Waals surface area (Å²) in [6, 6.07) is 3.08. The Morgan fingerprint density at radius 1 is 0.915 bits per heavy atom. The van der Waals surface area contributed by atoms with Gasteiger partial charge in [0.15, 0.2) is 22.4 Å². The normalized spacial score (nSPS) is 30.7. The van der Waals surface area contributed by atoms with Gasteiger partial charge in [0.1, 0.15) is 22.7 Å². The smallest absolute Gasteiger partial charge is 0.267 e. The molecule has 0 fully saturated rings. The van der Waals surface area contributed by atoms with Crippen LogP contribution in [0.15, 0.2) is 62.1 Å². The highest BCUT2D eigenvalue weighted by molar-refractivity contribution is 6.16. The van der Waals surface area contributed by atoms with Crippen molar-refractivity contribution in [1.29, 1.82) is 0 Å². The Hall–Kier alpha value is -5.12. The number of allylic oxidation sites excluding steroid dienone is 2. The summed E-state index contributed by atoms with van der Waals surface area (Å²) in [6.07, 6.45) is 4.25. The zero-order valence-electron chi connectivity index (χ0n) is 35.0. The van der Waals surface area contributed by atoms with Crippen LogP contribution in [0.2, 0.25) is 0 Å². The fourth-order valence-corrected chi connectivity index (χ4v) is 8.02. The van der Waals surface area contributed by atoms with Crippen LogP contribution >= 0.6 is 0 Å². The molecule has 6 N–H and O–H groups in total. The first-order chi connectivity index (χ1) is 27.7. The van der Waals surface area contributed by atoms with E-state index in [0.717, 1.165) is 0 Å². The maximum Gasteiger partial charge on any atom is 0.267 e. The van der Waals surface area contributed by atoms with Crippen LogP contribution in [0.3, 0.4) is 0 Å². The van der Waals surface area contributed by atoms with Gasteiger partial charge in [0.05, 0.1) is 41.6 Å². The van der Waals surface area contributed by atoms with Crippen molar-refractivity contribution in [3.63, 3.8) is 0 Å². The van der Waals surface area contributed by atoms with Crippen LogP contribution in [-0.2, 0) is 14.3 Å². The molecule has 2 aliphatic heterocycles. The molecule has 14 heteroatoms. The fraction of sp³-hybridized carbons (Fsp3) is 0.467. The lowest BCUT2D eigenvalue weighted by molar-refractivity contribution is -0.123. The molecule has 0 saturated carbocycles. The van der Waals surface area contributed by atoms with Crippen LogP contribution in [0.1, 0.15) is 72.4 Å². The summed E-state index contributed by atoms with van der Waals surface area (Å²) in [5.74, 6) is -5.91. The number of anilines is 1. The number of hydrogen-bond acceptors (Lipinski definition) is 13. The van der Waals surface area contributed by atoms with Crippen LogP contribution < -0.4 is 26.1 Å². The number of carbonyl (C=O) groups excluding carboxylic acids is 1.